The largest absolute Gasteiger partial charge is 0.350 e. The zero-order valence-electron chi connectivity index (χ0n) is 12.3. The van der Waals surface area contributed by atoms with E-state index in [4.69, 9.17) is 0 Å². The number of fused-ring (bicyclic) bond motifs is 1. The number of aromatic nitrogens is 1. The molecule has 0 saturated heterocycles. The predicted octanol–water partition coefficient (Wildman–Crippen LogP) is 2.47. The Balaban J connectivity index is 2.18. The van der Waals surface area contributed by atoms with Gasteiger partial charge in [-0.2, -0.15) is 0 Å². The Kier molecular flexibility index (Phi) is 2.71. The lowest BCUT2D eigenvalue weighted by Gasteiger charge is -2.21. The van der Waals surface area contributed by atoms with Crippen LogP contribution in [0.2, 0.25) is 0 Å². The third-order valence-corrected chi connectivity index (χ3v) is 4.31. The summed E-state index contributed by atoms with van der Waals surface area (Å²) in [5.41, 5.74) is 1.40. The molecule has 1 aliphatic rings. The molecule has 1 aromatic carbocycles. The maximum Gasteiger partial charge on any atom is 0.253 e. The van der Waals surface area contributed by atoms with E-state index in [0.717, 1.165) is 16.5 Å². The van der Waals surface area contributed by atoms with E-state index in [0.29, 0.717) is 5.84 Å². The van der Waals surface area contributed by atoms with Crippen LogP contribution in [0.5, 0.6) is 0 Å². The molecule has 3 rings (SSSR count). The van der Waals surface area contributed by atoms with Gasteiger partial charge in [-0.1, -0.05) is 26.0 Å². The van der Waals surface area contributed by atoms with Gasteiger partial charge in [-0.05, 0) is 25.0 Å². The van der Waals surface area contributed by atoms with Crippen LogP contribution < -0.4 is 5.32 Å². The average molecular weight is 269 g/mol. The molecule has 0 aliphatic carbocycles. The van der Waals surface area contributed by atoms with Crippen molar-refractivity contribution in [3.8, 4) is 0 Å². The summed E-state index contributed by atoms with van der Waals surface area (Å²) in [4.78, 5) is 16.9. The van der Waals surface area contributed by atoms with Crippen LogP contribution in [0.3, 0.4) is 0 Å². The maximum absolute atomic E-state index is 12.2. The van der Waals surface area contributed by atoms with Crippen LogP contribution in [0, 0.1) is 5.92 Å². The molecule has 0 spiro atoms. The second-order valence-electron chi connectivity index (χ2n) is 5.89. The third kappa shape index (κ3) is 1.68. The number of amides is 1. The Labute approximate surface area is 118 Å². The Morgan fingerprint density at radius 3 is 2.70 bits per heavy atom. The summed E-state index contributed by atoms with van der Waals surface area (Å²) >= 11 is 0. The highest BCUT2D eigenvalue weighted by Crippen LogP contribution is 2.29. The number of nitrogens with one attached hydrogen (secondary N) is 1. The van der Waals surface area contributed by atoms with Crippen molar-refractivity contribution in [3.05, 3.63) is 36.0 Å². The highest BCUT2D eigenvalue weighted by atomic mass is 16.2. The van der Waals surface area contributed by atoms with Gasteiger partial charge < -0.3 is 9.88 Å². The van der Waals surface area contributed by atoms with Gasteiger partial charge in [-0.3, -0.25) is 9.79 Å². The molecule has 4 nitrogen and oxygen atoms in total. The van der Waals surface area contributed by atoms with Gasteiger partial charge in [-0.15, -0.1) is 0 Å². The van der Waals surface area contributed by atoms with Crippen molar-refractivity contribution in [2.45, 2.75) is 26.3 Å². The number of aryl methyl sites for hydroxylation is 1. The highest BCUT2D eigenvalue weighted by Gasteiger charge is 2.42. The van der Waals surface area contributed by atoms with E-state index in [2.05, 4.69) is 27.0 Å². The van der Waals surface area contributed by atoms with E-state index >= 15 is 0 Å². The lowest BCUT2D eigenvalue weighted by molar-refractivity contribution is -0.124. The minimum atomic E-state index is -0.678. The molecule has 0 fully saturated rings. The molecule has 20 heavy (non-hydrogen) atoms. The molecular weight excluding hydrogens is 250 g/mol. The third-order valence-electron chi connectivity index (χ3n) is 4.31. The topological polar surface area (TPSA) is 46.4 Å². The molecule has 4 heteroatoms. The standard InChI is InChI=1S/C16H19N3O/c1-10(2)16(3)15(20)17-14(18-16)12-7-5-6-11-8-9-19(4)13(11)12/h5-10H,1-4H3,(H,17,18,20). The molecule has 104 valence electrons. The van der Waals surface area contributed by atoms with Crippen molar-refractivity contribution in [1.82, 2.24) is 9.88 Å². The Morgan fingerprint density at radius 1 is 1.30 bits per heavy atom. The van der Waals surface area contributed by atoms with Gasteiger partial charge in [0, 0.05) is 24.2 Å². The first-order chi connectivity index (χ1) is 9.43. The van der Waals surface area contributed by atoms with E-state index in [1.807, 2.05) is 46.1 Å². The number of carbonyl (C=O) groups is 1. The van der Waals surface area contributed by atoms with Gasteiger partial charge >= 0.3 is 0 Å². The van der Waals surface area contributed by atoms with Crippen LogP contribution in [0.25, 0.3) is 10.9 Å². The number of aliphatic imine (C=N–C) groups is 1. The summed E-state index contributed by atoms with van der Waals surface area (Å²) in [5, 5.41) is 4.10. The quantitative estimate of drug-likeness (QED) is 0.894. The summed E-state index contributed by atoms with van der Waals surface area (Å²) < 4.78 is 2.06. The summed E-state index contributed by atoms with van der Waals surface area (Å²) in [6.45, 7) is 5.94. The van der Waals surface area contributed by atoms with Crippen LogP contribution in [0.4, 0.5) is 0 Å². The van der Waals surface area contributed by atoms with E-state index in [1.165, 1.54) is 0 Å². The van der Waals surface area contributed by atoms with Crippen LogP contribution in [-0.4, -0.2) is 21.8 Å². The molecule has 2 heterocycles. The molecule has 1 amide bonds. The van der Waals surface area contributed by atoms with Gasteiger partial charge in [0.25, 0.3) is 5.91 Å². The maximum atomic E-state index is 12.2. The SMILES string of the molecule is CC(C)C1(C)N=C(c2cccc3ccn(C)c23)NC1=O. The van der Waals surface area contributed by atoms with Crippen LogP contribution >= 0.6 is 0 Å². The number of rotatable bonds is 2. The van der Waals surface area contributed by atoms with Crippen molar-refractivity contribution < 1.29 is 4.79 Å². The molecule has 0 saturated carbocycles. The molecule has 1 atom stereocenters. The van der Waals surface area contributed by atoms with Crippen molar-refractivity contribution >= 4 is 22.6 Å². The first-order valence-electron chi connectivity index (χ1n) is 6.89. The fraction of sp³-hybridized carbons (Fsp3) is 0.375. The minimum absolute atomic E-state index is 0.0197. The molecular formula is C16H19N3O. The van der Waals surface area contributed by atoms with Gasteiger partial charge in [0.1, 0.15) is 11.4 Å². The lowest BCUT2D eigenvalue weighted by atomic mass is 9.89. The van der Waals surface area contributed by atoms with Crippen molar-refractivity contribution in [2.24, 2.45) is 18.0 Å². The predicted molar refractivity (Wildman–Crippen MR) is 80.8 cm³/mol. The average Bonchev–Trinajstić information content (AvgIpc) is 2.93. The molecule has 0 bridgehead atoms. The highest BCUT2D eigenvalue weighted by molar-refractivity contribution is 6.19. The first-order valence-corrected chi connectivity index (χ1v) is 6.89. The number of carbonyl (C=O) groups excluding carboxylic acids is 1. The zero-order chi connectivity index (χ0) is 14.5. The van der Waals surface area contributed by atoms with Crippen molar-refractivity contribution in [3.63, 3.8) is 0 Å². The van der Waals surface area contributed by atoms with Crippen LogP contribution in [0.1, 0.15) is 26.3 Å². The summed E-state index contributed by atoms with van der Waals surface area (Å²) in [7, 11) is 2.00. The Bertz CT molecular complexity index is 726. The number of amidine groups is 1. The second kappa shape index (κ2) is 4.20. The smallest absolute Gasteiger partial charge is 0.253 e. The van der Waals surface area contributed by atoms with E-state index < -0.39 is 5.54 Å². The van der Waals surface area contributed by atoms with E-state index in [1.54, 1.807) is 0 Å². The Hall–Kier alpha value is -2.10. The van der Waals surface area contributed by atoms with Gasteiger partial charge in [0.15, 0.2) is 0 Å². The molecule has 1 unspecified atom stereocenters. The van der Waals surface area contributed by atoms with Gasteiger partial charge in [0.05, 0.1) is 5.52 Å². The molecule has 2 aromatic rings. The second-order valence-corrected chi connectivity index (χ2v) is 5.89. The number of hydrogen-bond acceptors (Lipinski definition) is 2. The molecule has 0 radical (unpaired) electrons. The first kappa shape index (κ1) is 12.9. The van der Waals surface area contributed by atoms with Crippen molar-refractivity contribution in [1.29, 1.82) is 0 Å². The van der Waals surface area contributed by atoms with Gasteiger partial charge in [-0.25, -0.2) is 0 Å². The van der Waals surface area contributed by atoms with Crippen LogP contribution in [-0.2, 0) is 11.8 Å². The minimum Gasteiger partial charge on any atom is -0.350 e. The fourth-order valence-corrected chi connectivity index (χ4v) is 2.61. The van der Waals surface area contributed by atoms with E-state index in [9.17, 15) is 4.79 Å². The summed E-state index contributed by atoms with van der Waals surface area (Å²) in [6.07, 6.45) is 2.02. The summed E-state index contributed by atoms with van der Waals surface area (Å²) in [6, 6.07) is 8.14. The number of hydrogen-bond donors (Lipinski definition) is 1. The fourth-order valence-electron chi connectivity index (χ4n) is 2.61. The summed E-state index contributed by atoms with van der Waals surface area (Å²) in [5.74, 6) is 0.819. The molecule has 1 aliphatic heterocycles. The molecule has 1 N–H and O–H groups in total. The van der Waals surface area contributed by atoms with E-state index in [-0.39, 0.29) is 11.8 Å². The number of benzene rings is 1. The van der Waals surface area contributed by atoms with Crippen molar-refractivity contribution in [2.75, 3.05) is 0 Å². The molecule has 1 aromatic heterocycles. The number of nitrogens with zero attached hydrogens (tertiary/aromatic N) is 2. The van der Waals surface area contributed by atoms with Crippen LogP contribution in [0.15, 0.2) is 35.5 Å². The monoisotopic (exact) mass is 269 g/mol. The lowest BCUT2D eigenvalue weighted by Crippen LogP contribution is -2.41. The Morgan fingerprint density at radius 2 is 2.05 bits per heavy atom. The zero-order valence-corrected chi connectivity index (χ0v) is 12.3. The normalized spacial score (nSPS) is 22.4. The number of para-hydroxylation sites is 1. The van der Waals surface area contributed by atoms with Gasteiger partial charge in [0.2, 0.25) is 0 Å².